The maximum absolute atomic E-state index is 13.0. The molecule has 0 aromatic heterocycles. The Balaban J connectivity index is 1.51. The molecule has 2 aromatic rings. The first-order chi connectivity index (χ1) is 16.9. The summed E-state index contributed by atoms with van der Waals surface area (Å²) in [5, 5.41) is 0. The molecule has 5 heteroatoms. The Labute approximate surface area is 205 Å². The van der Waals surface area contributed by atoms with E-state index in [0.29, 0.717) is 34.0 Å². The van der Waals surface area contributed by atoms with Gasteiger partial charge in [-0.3, -0.25) is 9.59 Å². The molecule has 0 fully saturated rings. The summed E-state index contributed by atoms with van der Waals surface area (Å²) < 4.78 is 12.2. The van der Waals surface area contributed by atoms with Gasteiger partial charge in [0.1, 0.15) is 23.0 Å². The van der Waals surface area contributed by atoms with E-state index in [-0.39, 0.29) is 17.1 Å². The van der Waals surface area contributed by atoms with Gasteiger partial charge in [-0.05, 0) is 69.2 Å². The highest BCUT2D eigenvalue weighted by atomic mass is 16.5. The minimum atomic E-state index is -0.252. The molecule has 35 heavy (non-hydrogen) atoms. The fraction of sp³-hybridized carbons (Fsp3) is 0.200. The number of anilines is 1. The zero-order chi connectivity index (χ0) is 24.7. The van der Waals surface area contributed by atoms with E-state index in [1.807, 2.05) is 13.0 Å². The third-order valence-electron chi connectivity index (χ3n) is 6.48. The average Bonchev–Trinajstić information content (AvgIpc) is 3.09. The highest BCUT2D eigenvalue weighted by molar-refractivity contribution is 6.40. The molecule has 0 amide bonds. The summed E-state index contributed by atoms with van der Waals surface area (Å²) in [6.45, 7) is 9.95. The Morgan fingerprint density at radius 1 is 0.829 bits per heavy atom. The quantitative estimate of drug-likeness (QED) is 0.386. The van der Waals surface area contributed by atoms with Crippen LogP contribution >= 0.6 is 0 Å². The van der Waals surface area contributed by atoms with Crippen LogP contribution in [0, 0.1) is 0 Å². The van der Waals surface area contributed by atoms with Crippen LogP contribution in [0.4, 0.5) is 5.69 Å². The molecule has 0 bridgehead atoms. The number of benzene rings is 2. The van der Waals surface area contributed by atoms with Crippen molar-refractivity contribution in [3.05, 3.63) is 112 Å². The summed E-state index contributed by atoms with van der Waals surface area (Å²) in [5.74, 6) is 2.02. The van der Waals surface area contributed by atoms with E-state index in [4.69, 9.17) is 9.47 Å². The first-order valence-corrected chi connectivity index (χ1v) is 11.9. The number of ketones is 2. The van der Waals surface area contributed by atoms with E-state index < -0.39 is 0 Å². The van der Waals surface area contributed by atoms with Crippen LogP contribution in [0.5, 0.6) is 5.75 Å². The third kappa shape index (κ3) is 4.03. The van der Waals surface area contributed by atoms with Crippen molar-refractivity contribution < 1.29 is 19.1 Å². The molecule has 5 rings (SSSR count). The van der Waals surface area contributed by atoms with Crippen LogP contribution in [0.15, 0.2) is 95.2 Å². The molecule has 0 saturated carbocycles. The van der Waals surface area contributed by atoms with E-state index in [0.717, 1.165) is 35.7 Å². The van der Waals surface area contributed by atoms with Crippen LogP contribution in [0.25, 0.3) is 5.57 Å². The lowest BCUT2D eigenvalue weighted by atomic mass is 10.00. The first-order valence-electron chi connectivity index (χ1n) is 11.9. The molecule has 0 spiro atoms. The van der Waals surface area contributed by atoms with Crippen molar-refractivity contribution in [3.63, 3.8) is 0 Å². The summed E-state index contributed by atoms with van der Waals surface area (Å²) >= 11 is 0. The van der Waals surface area contributed by atoms with Gasteiger partial charge in [-0.25, -0.2) is 0 Å². The van der Waals surface area contributed by atoms with Gasteiger partial charge in [0.2, 0.25) is 0 Å². The number of nitrogens with zero attached hydrogens (tertiary/aromatic N) is 1. The predicted octanol–water partition coefficient (Wildman–Crippen LogP) is 6.41. The minimum absolute atomic E-state index is 0.176. The van der Waals surface area contributed by atoms with Crippen molar-refractivity contribution in [2.45, 2.75) is 27.7 Å². The van der Waals surface area contributed by atoms with Crippen LogP contribution in [-0.2, 0) is 4.74 Å². The van der Waals surface area contributed by atoms with Crippen LogP contribution < -0.4 is 9.64 Å². The van der Waals surface area contributed by atoms with Gasteiger partial charge in [0.05, 0.1) is 5.57 Å². The lowest BCUT2D eigenvalue weighted by Crippen LogP contribution is -2.21. The number of carbonyl (C=O) groups is 2. The van der Waals surface area contributed by atoms with E-state index in [1.54, 1.807) is 49.4 Å². The predicted molar refractivity (Wildman–Crippen MR) is 137 cm³/mol. The molecule has 0 unspecified atom stereocenters. The first kappa shape index (κ1) is 22.7. The Kier molecular flexibility index (Phi) is 5.77. The Hall–Kier alpha value is -4.12. The van der Waals surface area contributed by atoms with Crippen molar-refractivity contribution >= 4 is 22.8 Å². The molecule has 3 aliphatic rings. The smallest absolute Gasteiger partial charge is 0.198 e. The molecule has 0 radical (unpaired) electrons. The topological polar surface area (TPSA) is 55.8 Å². The molecule has 0 saturated heterocycles. The molecule has 2 heterocycles. The third-order valence-corrected chi connectivity index (χ3v) is 6.48. The van der Waals surface area contributed by atoms with Gasteiger partial charge in [0, 0.05) is 47.6 Å². The zero-order valence-electron chi connectivity index (χ0n) is 20.3. The van der Waals surface area contributed by atoms with E-state index in [2.05, 4.69) is 36.9 Å². The number of hydrogen-bond acceptors (Lipinski definition) is 5. The normalized spacial score (nSPS) is 17.8. The van der Waals surface area contributed by atoms with Crippen LogP contribution in [0.2, 0.25) is 0 Å². The van der Waals surface area contributed by atoms with E-state index in [1.165, 1.54) is 0 Å². The number of rotatable bonds is 4. The van der Waals surface area contributed by atoms with Crippen LogP contribution in [0.1, 0.15) is 54.0 Å². The van der Waals surface area contributed by atoms with Gasteiger partial charge in [-0.15, -0.1) is 0 Å². The number of fused-ring (bicyclic) bond motifs is 2. The van der Waals surface area contributed by atoms with Gasteiger partial charge in [-0.1, -0.05) is 24.3 Å². The van der Waals surface area contributed by atoms with E-state index in [9.17, 15) is 9.59 Å². The fourth-order valence-corrected chi connectivity index (χ4v) is 4.75. The maximum atomic E-state index is 13.0. The van der Waals surface area contributed by atoms with Gasteiger partial charge < -0.3 is 14.4 Å². The average molecular weight is 466 g/mol. The minimum Gasteiger partial charge on any atom is -0.462 e. The maximum Gasteiger partial charge on any atom is 0.198 e. The SMILES string of the molecule is CCN(CC)c1ccc2c(c1)O/C(=C/C1=CC(=C3C(=O)c4ccccc4C3=O)C=C(C)O1)C=C2C. The number of hydrogen-bond donors (Lipinski definition) is 0. The highest BCUT2D eigenvalue weighted by Crippen LogP contribution is 2.37. The summed E-state index contributed by atoms with van der Waals surface area (Å²) in [6, 6.07) is 13.2. The van der Waals surface area contributed by atoms with Crippen molar-refractivity contribution in [2.24, 2.45) is 0 Å². The number of ether oxygens (including phenoxy) is 2. The summed E-state index contributed by atoms with van der Waals surface area (Å²) in [5.41, 5.74) is 4.86. The number of carbonyl (C=O) groups excluding carboxylic acids is 2. The Morgan fingerprint density at radius 3 is 2.17 bits per heavy atom. The monoisotopic (exact) mass is 465 g/mol. The molecular formula is C30H27NO4. The lowest BCUT2D eigenvalue weighted by molar-refractivity contribution is 0.0988. The second-order valence-electron chi connectivity index (χ2n) is 8.77. The summed E-state index contributed by atoms with van der Waals surface area (Å²) in [7, 11) is 0. The van der Waals surface area contributed by atoms with Crippen molar-refractivity contribution in [2.75, 3.05) is 18.0 Å². The molecule has 2 aromatic carbocycles. The molecule has 0 N–H and O–H groups in total. The molecule has 5 nitrogen and oxygen atoms in total. The zero-order valence-corrected chi connectivity index (χ0v) is 20.3. The Bertz CT molecular complexity index is 1380. The summed E-state index contributed by atoms with van der Waals surface area (Å²) in [4.78, 5) is 28.3. The van der Waals surface area contributed by atoms with Crippen molar-refractivity contribution in [1.29, 1.82) is 0 Å². The van der Waals surface area contributed by atoms with Gasteiger partial charge >= 0.3 is 0 Å². The largest absolute Gasteiger partial charge is 0.462 e. The highest BCUT2D eigenvalue weighted by Gasteiger charge is 2.35. The molecular weight excluding hydrogens is 438 g/mol. The number of Topliss-reactive ketones (excluding diaryl/α,β-unsaturated/α-hetero) is 2. The van der Waals surface area contributed by atoms with Crippen LogP contribution in [-0.4, -0.2) is 24.7 Å². The second-order valence-corrected chi connectivity index (χ2v) is 8.77. The number of allylic oxidation sites excluding steroid dienone is 8. The Morgan fingerprint density at radius 2 is 1.51 bits per heavy atom. The summed E-state index contributed by atoms with van der Waals surface area (Å²) in [6.07, 6.45) is 7.22. The molecule has 0 atom stereocenters. The van der Waals surface area contributed by atoms with E-state index >= 15 is 0 Å². The van der Waals surface area contributed by atoms with Gasteiger partial charge in [0.15, 0.2) is 11.6 Å². The van der Waals surface area contributed by atoms with Crippen molar-refractivity contribution in [3.8, 4) is 5.75 Å². The van der Waals surface area contributed by atoms with Crippen LogP contribution in [0.3, 0.4) is 0 Å². The lowest BCUT2D eigenvalue weighted by Gasteiger charge is -2.25. The standard InChI is InChI=1S/C30H27NO4/c1-5-31(6-2)21-11-12-24-18(3)13-22(35-27(24)16-21)17-23-15-20(14-19(4)34-23)28-29(32)25-9-7-8-10-26(25)30(28)33/h7-17H,5-6H2,1-4H3/b22-17+. The van der Waals surface area contributed by atoms with Crippen molar-refractivity contribution in [1.82, 2.24) is 0 Å². The fourth-order valence-electron chi connectivity index (χ4n) is 4.75. The second kappa shape index (κ2) is 8.91. The molecule has 176 valence electrons. The van der Waals surface area contributed by atoms with Gasteiger partial charge in [0.25, 0.3) is 0 Å². The van der Waals surface area contributed by atoms with Gasteiger partial charge in [-0.2, -0.15) is 0 Å². The molecule has 1 aliphatic carbocycles. The molecule has 2 aliphatic heterocycles.